The molecule has 0 unspecified atom stereocenters. The van der Waals surface area contributed by atoms with E-state index in [1.54, 1.807) is 31.2 Å². The molecule has 0 bridgehead atoms. The Hall–Kier alpha value is -1.93. The fourth-order valence-electron chi connectivity index (χ4n) is 2.54. The van der Waals surface area contributed by atoms with Gasteiger partial charge in [-0.15, -0.1) is 0 Å². The summed E-state index contributed by atoms with van der Waals surface area (Å²) in [5, 5.41) is 2.51. The molecule has 1 heterocycles. The predicted molar refractivity (Wildman–Crippen MR) is 88.0 cm³/mol. The Kier molecular flexibility index (Phi) is 4.60. The van der Waals surface area contributed by atoms with Crippen LogP contribution in [0.5, 0.6) is 0 Å². The third-order valence-electron chi connectivity index (χ3n) is 4.19. The fourth-order valence-corrected chi connectivity index (χ4v) is 4.47. The van der Waals surface area contributed by atoms with Crippen molar-refractivity contribution in [3.63, 3.8) is 0 Å². The minimum atomic E-state index is -3.19. The van der Waals surface area contributed by atoms with Gasteiger partial charge in [-0.05, 0) is 44.0 Å². The number of carbonyl (C=O) groups excluding carboxylic acids is 2. The maximum absolute atomic E-state index is 12.1. The summed E-state index contributed by atoms with van der Waals surface area (Å²) >= 11 is 0. The maximum Gasteiger partial charge on any atom is 0.338 e. The van der Waals surface area contributed by atoms with Crippen molar-refractivity contribution in [2.75, 3.05) is 25.0 Å². The van der Waals surface area contributed by atoms with Crippen LogP contribution in [0.4, 0.5) is 5.69 Å². The van der Waals surface area contributed by atoms with Crippen LogP contribution in [0.3, 0.4) is 0 Å². The normalized spacial score (nSPS) is 18.7. The van der Waals surface area contributed by atoms with Gasteiger partial charge in [0.25, 0.3) is 0 Å². The molecule has 8 heteroatoms. The van der Waals surface area contributed by atoms with E-state index in [9.17, 15) is 18.0 Å². The Morgan fingerprint density at radius 1 is 1.21 bits per heavy atom. The highest BCUT2D eigenvalue weighted by atomic mass is 32.2. The van der Waals surface area contributed by atoms with E-state index >= 15 is 0 Å². The molecule has 1 aromatic rings. The molecule has 1 aromatic carbocycles. The van der Waals surface area contributed by atoms with Crippen LogP contribution in [0.25, 0.3) is 0 Å². The third-order valence-corrected chi connectivity index (χ3v) is 6.52. The van der Waals surface area contributed by atoms with Crippen LogP contribution < -0.4 is 5.32 Å². The number of esters is 1. The van der Waals surface area contributed by atoms with Crippen molar-refractivity contribution in [3.8, 4) is 0 Å². The van der Waals surface area contributed by atoms with Gasteiger partial charge in [0.05, 0.1) is 23.3 Å². The monoisotopic (exact) mass is 352 g/mol. The van der Waals surface area contributed by atoms with Gasteiger partial charge in [0.2, 0.25) is 15.9 Å². The second kappa shape index (κ2) is 6.52. The van der Waals surface area contributed by atoms with Crippen molar-refractivity contribution < 1.29 is 22.7 Å². The molecular formula is C16H20N2O5S. The Morgan fingerprint density at radius 3 is 2.38 bits per heavy atom. The summed E-state index contributed by atoms with van der Waals surface area (Å²) in [5.41, 5.74) is 0.983. The Labute approximate surface area is 141 Å². The van der Waals surface area contributed by atoms with E-state index in [-0.39, 0.29) is 30.2 Å². The quantitative estimate of drug-likeness (QED) is 0.777. The molecule has 1 saturated carbocycles. The highest BCUT2D eigenvalue weighted by Gasteiger charge is 2.46. The van der Waals surface area contributed by atoms with Gasteiger partial charge in [0.1, 0.15) is 0 Å². The van der Waals surface area contributed by atoms with Gasteiger partial charge in [-0.3, -0.25) is 4.79 Å². The Balaban J connectivity index is 1.52. The first-order valence-corrected chi connectivity index (χ1v) is 9.49. The highest BCUT2D eigenvalue weighted by Crippen LogP contribution is 2.34. The topological polar surface area (TPSA) is 92.8 Å². The first-order valence-electron chi connectivity index (χ1n) is 7.99. The van der Waals surface area contributed by atoms with Crippen LogP contribution in [0.15, 0.2) is 24.3 Å². The number of amides is 1. The summed E-state index contributed by atoms with van der Waals surface area (Å²) in [6.07, 6.45) is 1.45. The minimum absolute atomic E-state index is 0.207. The number of hydrogen-bond donors (Lipinski definition) is 1. The lowest BCUT2D eigenvalue weighted by atomic mass is 10.0. The van der Waals surface area contributed by atoms with Gasteiger partial charge in [-0.1, -0.05) is 0 Å². The van der Waals surface area contributed by atoms with Crippen molar-refractivity contribution in [1.29, 1.82) is 0 Å². The number of carbonyl (C=O) groups is 2. The first kappa shape index (κ1) is 16.9. The van der Waals surface area contributed by atoms with Crippen LogP contribution in [0.2, 0.25) is 0 Å². The SMILES string of the molecule is CCOC(=O)c1ccc(NC(=O)C2CN(S(=O)(=O)C3CC3)C2)cc1. The molecule has 0 atom stereocenters. The largest absolute Gasteiger partial charge is 0.462 e. The molecule has 1 amide bonds. The van der Waals surface area contributed by atoms with E-state index in [1.165, 1.54) is 4.31 Å². The second-order valence-electron chi connectivity index (χ2n) is 6.05. The summed E-state index contributed by atoms with van der Waals surface area (Å²) in [4.78, 5) is 23.7. The van der Waals surface area contributed by atoms with Gasteiger partial charge in [-0.2, -0.15) is 4.31 Å². The molecule has 2 aliphatic rings. The van der Waals surface area contributed by atoms with Crippen LogP contribution in [0, 0.1) is 5.92 Å². The van der Waals surface area contributed by atoms with Gasteiger partial charge in [-0.25, -0.2) is 13.2 Å². The van der Waals surface area contributed by atoms with Crippen molar-refractivity contribution in [3.05, 3.63) is 29.8 Å². The Bertz CT molecular complexity index is 734. The van der Waals surface area contributed by atoms with Crippen molar-refractivity contribution in [2.24, 2.45) is 5.92 Å². The molecule has 7 nitrogen and oxygen atoms in total. The van der Waals surface area contributed by atoms with Crippen LogP contribution in [-0.4, -0.2) is 49.5 Å². The van der Waals surface area contributed by atoms with E-state index in [0.717, 1.165) is 12.8 Å². The van der Waals surface area contributed by atoms with Gasteiger partial charge in [0, 0.05) is 18.8 Å². The molecule has 24 heavy (non-hydrogen) atoms. The third kappa shape index (κ3) is 3.44. The van der Waals surface area contributed by atoms with Crippen LogP contribution >= 0.6 is 0 Å². The number of benzene rings is 1. The second-order valence-corrected chi connectivity index (χ2v) is 8.26. The highest BCUT2D eigenvalue weighted by molar-refractivity contribution is 7.90. The zero-order chi connectivity index (χ0) is 17.3. The van der Waals surface area contributed by atoms with Gasteiger partial charge >= 0.3 is 5.97 Å². The van der Waals surface area contributed by atoms with Crippen LogP contribution in [0.1, 0.15) is 30.1 Å². The van der Waals surface area contributed by atoms with E-state index in [0.29, 0.717) is 17.9 Å². The number of anilines is 1. The summed E-state index contributed by atoms with van der Waals surface area (Å²) in [6.45, 7) is 2.52. The zero-order valence-electron chi connectivity index (χ0n) is 13.4. The van der Waals surface area contributed by atoms with Crippen molar-refractivity contribution in [2.45, 2.75) is 25.0 Å². The average molecular weight is 352 g/mol. The molecule has 3 rings (SSSR count). The van der Waals surface area contributed by atoms with Crippen LogP contribution in [-0.2, 0) is 19.6 Å². The molecular weight excluding hydrogens is 332 g/mol. The number of hydrogen-bond acceptors (Lipinski definition) is 5. The van der Waals surface area contributed by atoms with E-state index < -0.39 is 16.0 Å². The van der Waals surface area contributed by atoms with Gasteiger partial charge < -0.3 is 10.1 Å². The molecule has 0 spiro atoms. The number of sulfonamides is 1. The van der Waals surface area contributed by atoms with E-state index in [1.807, 2.05) is 0 Å². The Morgan fingerprint density at radius 2 is 1.83 bits per heavy atom. The van der Waals surface area contributed by atoms with E-state index in [4.69, 9.17) is 4.74 Å². The number of rotatable bonds is 6. The molecule has 1 aliphatic heterocycles. The molecule has 0 radical (unpaired) electrons. The fraction of sp³-hybridized carbons (Fsp3) is 0.500. The molecule has 1 saturated heterocycles. The zero-order valence-corrected chi connectivity index (χ0v) is 14.2. The molecule has 1 N–H and O–H groups in total. The lowest BCUT2D eigenvalue weighted by molar-refractivity contribution is -0.122. The number of ether oxygens (including phenoxy) is 1. The lowest BCUT2D eigenvalue weighted by Crippen LogP contribution is -2.55. The summed E-state index contributed by atoms with van der Waals surface area (Å²) in [5.74, 6) is -0.945. The lowest BCUT2D eigenvalue weighted by Gasteiger charge is -2.37. The molecule has 2 fully saturated rings. The van der Waals surface area contributed by atoms with Crippen molar-refractivity contribution in [1.82, 2.24) is 4.31 Å². The minimum Gasteiger partial charge on any atom is -0.462 e. The predicted octanol–water partition coefficient (Wildman–Crippen LogP) is 1.23. The smallest absolute Gasteiger partial charge is 0.338 e. The number of nitrogens with one attached hydrogen (secondary N) is 1. The molecule has 1 aliphatic carbocycles. The molecule has 130 valence electrons. The molecule has 0 aromatic heterocycles. The first-order chi connectivity index (χ1) is 11.4. The standard InChI is InChI=1S/C16H20N2O5S/c1-2-23-16(20)11-3-5-13(6-4-11)17-15(19)12-9-18(10-12)24(21,22)14-7-8-14/h3-6,12,14H,2,7-10H2,1H3,(H,17,19). The van der Waals surface area contributed by atoms with Crippen molar-refractivity contribution >= 4 is 27.6 Å². The summed E-state index contributed by atoms with van der Waals surface area (Å²) in [7, 11) is -3.19. The average Bonchev–Trinajstić information content (AvgIpc) is 3.31. The number of nitrogens with zero attached hydrogens (tertiary/aromatic N) is 1. The summed E-state index contributed by atoms with van der Waals surface area (Å²) < 4.78 is 30.3. The maximum atomic E-state index is 12.1. The van der Waals surface area contributed by atoms with E-state index in [2.05, 4.69) is 5.32 Å². The van der Waals surface area contributed by atoms with Gasteiger partial charge in [0.15, 0.2) is 0 Å². The summed E-state index contributed by atoms with van der Waals surface area (Å²) in [6, 6.07) is 6.42.